The molecule has 0 radical (unpaired) electrons. The molecule has 1 spiro atoms. The first-order valence-electron chi connectivity index (χ1n) is 14.0. The van der Waals surface area contributed by atoms with Crippen molar-refractivity contribution in [2.24, 2.45) is 11.3 Å². The van der Waals surface area contributed by atoms with E-state index in [2.05, 4.69) is 32.2 Å². The predicted molar refractivity (Wildman–Crippen MR) is 148 cm³/mol. The number of H-pyrrole nitrogens is 1. The number of aromatic nitrogens is 3. The Kier molecular flexibility index (Phi) is 7.79. The summed E-state index contributed by atoms with van der Waals surface area (Å²) in [6.07, 6.45) is 9.47. The van der Waals surface area contributed by atoms with Gasteiger partial charge in [0.05, 0.1) is 29.0 Å². The number of pyridine rings is 1. The summed E-state index contributed by atoms with van der Waals surface area (Å²) in [6, 6.07) is 9.32. The number of carbonyl (C=O) groups is 2. The lowest BCUT2D eigenvalue weighted by Crippen LogP contribution is -2.36. The van der Waals surface area contributed by atoms with Crippen LogP contribution in [0, 0.1) is 11.3 Å². The maximum absolute atomic E-state index is 13.4. The SMILES string of the molecule is CCC(=O)CCCCCC(NC(=O)C1CC12CCN(C)CC2)c1ncc(-c2cc3ccccc3nc2O)[nH]1. The highest BCUT2D eigenvalue weighted by atomic mass is 16.3. The molecule has 1 saturated carbocycles. The largest absolute Gasteiger partial charge is 0.493 e. The number of rotatable bonds is 11. The number of amides is 1. The lowest BCUT2D eigenvalue weighted by molar-refractivity contribution is -0.124. The molecule has 8 heteroatoms. The molecule has 2 fully saturated rings. The third kappa shape index (κ3) is 5.75. The zero-order valence-electron chi connectivity index (χ0n) is 22.5. The molecule has 2 atom stereocenters. The van der Waals surface area contributed by atoms with Gasteiger partial charge in [0.25, 0.3) is 0 Å². The van der Waals surface area contributed by atoms with Gasteiger partial charge in [-0.1, -0.05) is 38.0 Å². The Morgan fingerprint density at radius 3 is 2.79 bits per heavy atom. The van der Waals surface area contributed by atoms with Gasteiger partial charge in [-0.2, -0.15) is 0 Å². The normalized spacial score (nSPS) is 19.5. The Balaban J connectivity index is 1.30. The highest BCUT2D eigenvalue weighted by Gasteiger charge is 2.58. The number of aromatic hydroxyl groups is 1. The third-order valence-electron chi connectivity index (χ3n) is 8.57. The number of carbonyl (C=O) groups excluding carboxylic acids is 2. The lowest BCUT2D eigenvalue weighted by atomic mass is 9.91. The molecule has 3 aromatic rings. The van der Waals surface area contributed by atoms with Crippen molar-refractivity contribution in [3.05, 3.63) is 42.4 Å². The highest BCUT2D eigenvalue weighted by molar-refractivity contribution is 5.85. The van der Waals surface area contributed by atoms with Gasteiger partial charge >= 0.3 is 0 Å². The summed E-state index contributed by atoms with van der Waals surface area (Å²) >= 11 is 0. The molecule has 1 aliphatic heterocycles. The molecule has 38 heavy (non-hydrogen) atoms. The van der Waals surface area contributed by atoms with Crippen LogP contribution in [0.2, 0.25) is 0 Å². The van der Waals surface area contributed by atoms with Gasteiger partial charge < -0.3 is 20.3 Å². The van der Waals surface area contributed by atoms with Crippen molar-refractivity contribution in [2.45, 2.75) is 70.8 Å². The van der Waals surface area contributed by atoms with Gasteiger partial charge in [0.1, 0.15) is 11.6 Å². The molecule has 0 bridgehead atoms. The molecule has 202 valence electrons. The number of fused-ring (bicyclic) bond motifs is 1. The van der Waals surface area contributed by atoms with Crippen LogP contribution < -0.4 is 5.32 Å². The average Bonchev–Trinajstić information content (AvgIpc) is 3.40. The van der Waals surface area contributed by atoms with Crippen molar-refractivity contribution in [1.82, 2.24) is 25.2 Å². The smallest absolute Gasteiger partial charge is 0.224 e. The van der Waals surface area contributed by atoms with Crippen LogP contribution in [0.25, 0.3) is 22.2 Å². The number of hydrogen-bond donors (Lipinski definition) is 3. The first-order chi connectivity index (χ1) is 18.4. The second-order valence-corrected chi connectivity index (χ2v) is 11.2. The molecule has 3 heterocycles. The average molecular weight is 518 g/mol. The molecule has 1 saturated heterocycles. The summed E-state index contributed by atoms with van der Waals surface area (Å²) in [5.41, 5.74) is 2.14. The Hall–Kier alpha value is -3.26. The number of unbranched alkanes of at least 4 members (excludes halogenated alkanes) is 2. The second kappa shape index (κ2) is 11.2. The van der Waals surface area contributed by atoms with Crippen LogP contribution in [0.1, 0.15) is 76.6 Å². The molecule has 1 aliphatic carbocycles. The van der Waals surface area contributed by atoms with E-state index < -0.39 is 0 Å². The molecule has 2 aliphatic rings. The molecule has 1 amide bonds. The summed E-state index contributed by atoms with van der Waals surface area (Å²) in [5.74, 6) is 1.12. The van der Waals surface area contributed by atoms with Crippen LogP contribution in [0.5, 0.6) is 5.88 Å². The minimum absolute atomic E-state index is 0.0535. The Morgan fingerprint density at radius 2 is 2.00 bits per heavy atom. The predicted octanol–water partition coefficient (Wildman–Crippen LogP) is 5.15. The summed E-state index contributed by atoms with van der Waals surface area (Å²) in [5, 5.41) is 14.8. The number of nitrogens with zero attached hydrogens (tertiary/aromatic N) is 3. The number of ketones is 1. The standard InChI is InChI=1S/C30H39N5O3/c1-3-21(36)10-5-4-6-12-25(34-29(38)23-18-30(23)13-15-35(2)16-14-30)27-31-19-26(32-27)22-17-20-9-7-8-11-24(20)33-28(22)37/h7-9,11,17,19,23,25H,3-6,10,12-16,18H2,1-2H3,(H,31,32)(H,33,37)(H,34,38). The van der Waals surface area contributed by atoms with Gasteiger partial charge in [0, 0.05) is 24.1 Å². The first kappa shape index (κ1) is 26.4. The van der Waals surface area contributed by atoms with Gasteiger partial charge in [0.2, 0.25) is 11.8 Å². The summed E-state index contributed by atoms with van der Waals surface area (Å²) < 4.78 is 0. The van der Waals surface area contributed by atoms with E-state index in [4.69, 9.17) is 0 Å². The van der Waals surface area contributed by atoms with Crippen molar-refractivity contribution in [3.63, 3.8) is 0 Å². The van der Waals surface area contributed by atoms with Crippen molar-refractivity contribution < 1.29 is 14.7 Å². The Bertz CT molecular complexity index is 1290. The first-order valence-corrected chi connectivity index (χ1v) is 14.0. The molecule has 3 N–H and O–H groups in total. The molecule has 8 nitrogen and oxygen atoms in total. The number of para-hydroxylation sites is 1. The van der Waals surface area contributed by atoms with Gasteiger partial charge in [0.15, 0.2) is 0 Å². The molecular weight excluding hydrogens is 478 g/mol. The summed E-state index contributed by atoms with van der Waals surface area (Å²) in [7, 11) is 2.14. The highest BCUT2D eigenvalue weighted by Crippen LogP contribution is 2.59. The fourth-order valence-electron chi connectivity index (χ4n) is 5.86. The number of nitrogens with one attached hydrogen (secondary N) is 2. The van der Waals surface area contributed by atoms with Crippen molar-refractivity contribution in [2.75, 3.05) is 20.1 Å². The number of aromatic amines is 1. The van der Waals surface area contributed by atoms with Gasteiger partial charge in [-0.3, -0.25) is 9.59 Å². The molecule has 5 rings (SSSR count). The number of Topliss-reactive ketones (excluding diaryl/α,β-unsaturated/α-hetero) is 1. The van der Waals surface area contributed by atoms with E-state index in [0.29, 0.717) is 35.7 Å². The molecular formula is C30H39N5O3. The van der Waals surface area contributed by atoms with E-state index in [0.717, 1.165) is 68.9 Å². The number of likely N-dealkylation sites (tertiary alicyclic amines) is 1. The van der Waals surface area contributed by atoms with Crippen LogP contribution in [0.3, 0.4) is 0 Å². The van der Waals surface area contributed by atoms with Crippen LogP contribution in [0.4, 0.5) is 0 Å². The van der Waals surface area contributed by atoms with Crippen LogP contribution in [0.15, 0.2) is 36.5 Å². The molecule has 1 aromatic carbocycles. The van der Waals surface area contributed by atoms with Crippen molar-refractivity contribution in [1.29, 1.82) is 0 Å². The summed E-state index contributed by atoms with van der Waals surface area (Å²) in [6.45, 7) is 4.00. The number of imidazole rings is 1. The van der Waals surface area contributed by atoms with E-state index in [1.165, 1.54) is 0 Å². The second-order valence-electron chi connectivity index (χ2n) is 11.2. The van der Waals surface area contributed by atoms with Crippen molar-refractivity contribution in [3.8, 4) is 17.1 Å². The lowest BCUT2D eigenvalue weighted by Gasteiger charge is -2.30. The van der Waals surface area contributed by atoms with Gasteiger partial charge in [-0.15, -0.1) is 0 Å². The van der Waals surface area contributed by atoms with Gasteiger partial charge in [-0.25, -0.2) is 9.97 Å². The Morgan fingerprint density at radius 1 is 1.21 bits per heavy atom. The number of hydrogen-bond acceptors (Lipinski definition) is 6. The topological polar surface area (TPSA) is 111 Å². The van der Waals surface area contributed by atoms with Crippen molar-refractivity contribution >= 4 is 22.6 Å². The van der Waals surface area contributed by atoms with Crippen LogP contribution in [-0.2, 0) is 9.59 Å². The molecule has 2 unspecified atom stereocenters. The zero-order chi connectivity index (χ0) is 26.7. The van der Waals surface area contributed by atoms with E-state index in [9.17, 15) is 14.7 Å². The third-order valence-corrected chi connectivity index (χ3v) is 8.57. The fraction of sp³-hybridized carbons (Fsp3) is 0.533. The van der Waals surface area contributed by atoms with E-state index in [1.807, 2.05) is 37.3 Å². The van der Waals surface area contributed by atoms with Gasteiger partial charge in [-0.05, 0) is 69.8 Å². The molecule has 2 aromatic heterocycles. The van der Waals surface area contributed by atoms with E-state index in [-0.39, 0.29) is 29.2 Å². The van der Waals surface area contributed by atoms with Crippen LogP contribution >= 0.6 is 0 Å². The zero-order valence-corrected chi connectivity index (χ0v) is 22.5. The Labute approximate surface area is 224 Å². The number of benzene rings is 1. The minimum atomic E-state index is -0.252. The maximum atomic E-state index is 13.4. The van der Waals surface area contributed by atoms with Crippen LogP contribution in [-0.4, -0.2) is 56.8 Å². The quantitative estimate of drug-likeness (QED) is 0.303. The monoisotopic (exact) mass is 517 g/mol. The number of piperidine rings is 1. The maximum Gasteiger partial charge on any atom is 0.224 e. The fourth-order valence-corrected chi connectivity index (χ4v) is 5.86. The minimum Gasteiger partial charge on any atom is -0.493 e. The van der Waals surface area contributed by atoms with E-state index >= 15 is 0 Å². The summed E-state index contributed by atoms with van der Waals surface area (Å²) in [4.78, 5) is 39.7. The van der Waals surface area contributed by atoms with E-state index in [1.54, 1.807) is 6.20 Å².